The van der Waals surface area contributed by atoms with Gasteiger partial charge < -0.3 is 0 Å². The summed E-state index contributed by atoms with van der Waals surface area (Å²) in [5, 5.41) is 0. The van der Waals surface area contributed by atoms with Crippen molar-refractivity contribution in [3.63, 3.8) is 0 Å². The predicted octanol–water partition coefficient (Wildman–Crippen LogP) is 3.44. The lowest BCUT2D eigenvalue weighted by Gasteiger charge is -2.06. The van der Waals surface area contributed by atoms with Crippen LogP contribution in [0, 0.1) is 5.92 Å². The summed E-state index contributed by atoms with van der Waals surface area (Å²) in [6.07, 6.45) is 13.1. The Morgan fingerprint density at radius 1 is 1.09 bits per heavy atom. The van der Waals surface area contributed by atoms with Gasteiger partial charge >= 0.3 is 0 Å². The normalized spacial score (nSPS) is 22.3. The molecule has 0 aromatic rings. The summed E-state index contributed by atoms with van der Waals surface area (Å²) >= 11 is 4.16. The van der Waals surface area contributed by atoms with E-state index in [0.717, 1.165) is 11.7 Å². The number of hydrogen-bond acceptors (Lipinski definition) is 1. The summed E-state index contributed by atoms with van der Waals surface area (Å²) < 4.78 is 0. The van der Waals surface area contributed by atoms with Crippen molar-refractivity contribution in [2.75, 3.05) is 5.75 Å². The molecule has 0 atom stereocenters. The van der Waals surface area contributed by atoms with Crippen LogP contribution in [0.4, 0.5) is 0 Å². The Morgan fingerprint density at radius 2 is 1.73 bits per heavy atom. The highest BCUT2D eigenvalue weighted by molar-refractivity contribution is 7.80. The summed E-state index contributed by atoms with van der Waals surface area (Å²) in [5.41, 5.74) is 0. The lowest BCUT2D eigenvalue weighted by atomic mass is 10.0. The van der Waals surface area contributed by atoms with Crippen molar-refractivity contribution in [2.24, 2.45) is 5.92 Å². The molecule has 0 aromatic carbocycles. The molecule has 0 amide bonds. The van der Waals surface area contributed by atoms with E-state index in [9.17, 15) is 0 Å². The Kier molecular flexibility index (Phi) is 4.76. The van der Waals surface area contributed by atoms with Gasteiger partial charge in [-0.1, -0.05) is 37.8 Å². The van der Waals surface area contributed by atoms with Gasteiger partial charge in [0.1, 0.15) is 0 Å². The number of allylic oxidation sites excluding steroid dienone is 1. The van der Waals surface area contributed by atoms with Crippen molar-refractivity contribution in [2.45, 2.75) is 38.5 Å². The highest BCUT2D eigenvalue weighted by Crippen LogP contribution is 2.23. The maximum absolute atomic E-state index is 4.16. The van der Waals surface area contributed by atoms with Gasteiger partial charge in [0.05, 0.1) is 0 Å². The second kappa shape index (κ2) is 5.70. The van der Waals surface area contributed by atoms with Crippen LogP contribution in [0.2, 0.25) is 0 Å². The zero-order chi connectivity index (χ0) is 7.94. The van der Waals surface area contributed by atoms with E-state index in [1.807, 2.05) is 0 Å². The smallest absolute Gasteiger partial charge is 0.00826 e. The molecule has 64 valence electrons. The predicted molar refractivity (Wildman–Crippen MR) is 54.2 cm³/mol. The summed E-state index contributed by atoms with van der Waals surface area (Å²) in [7, 11) is 0. The van der Waals surface area contributed by atoms with Crippen LogP contribution in [-0.4, -0.2) is 5.75 Å². The Morgan fingerprint density at radius 3 is 2.27 bits per heavy atom. The molecule has 1 aliphatic rings. The van der Waals surface area contributed by atoms with Crippen LogP contribution >= 0.6 is 12.6 Å². The molecule has 0 aliphatic heterocycles. The number of hydrogen-bond donors (Lipinski definition) is 1. The summed E-state index contributed by atoms with van der Waals surface area (Å²) in [6.45, 7) is 0. The van der Waals surface area contributed by atoms with E-state index in [1.54, 1.807) is 0 Å². The van der Waals surface area contributed by atoms with Crippen LogP contribution in [0.15, 0.2) is 12.2 Å². The third-order valence-corrected chi connectivity index (χ3v) is 2.62. The SMILES string of the molecule is SC/C=C/C1CCCCCC1. The fraction of sp³-hybridized carbons (Fsp3) is 0.800. The molecule has 0 bridgehead atoms. The van der Waals surface area contributed by atoms with Gasteiger partial charge in [-0.25, -0.2) is 0 Å². The van der Waals surface area contributed by atoms with Gasteiger partial charge in [0, 0.05) is 5.75 Å². The highest BCUT2D eigenvalue weighted by atomic mass is 32.1. The first kappa shape index (κ1) is 9.18. The Hall–Kier alpha value is 0.0900. The van der Waals surface area contributed by atoms with E-state index in [4.69, 9.17) is 0 Å². The number of thiol groups is 1. The molecule has 0 saturated heterocycles. The monoisotopic (exact) mass is 170 g/mol. The molecule has 0 unspecified atom stereocenters. The molecule has 0 nitrogen and oxygen atoms in total. The van der Waals surface area contributed by atoms with Crippen LogP contribution in [0.1, 0.15) is 38.5 Å². The fourth-order valence-corrected chi connectivity index (χ4v) is 1.88. The molecule has 1 rings (SSSR count). The van der Waals surface area contributed by atoms with Gasteiger partial charge in [-0.3, -0.25) is 0 Å². The van der Waals surface area contributed by atoms with Crippen molar-refractivity contribution in [1.82, 2.24) is 0 Å². The lowest BCUT2D eigenvalue weighted by Crippen LogP contribution is -1.92. The van der Waals surface area contributed by atoms with Gasteiger partial charge in [-0.05, 0) is 18.8 Å². The quantitative estimate of drug-likeness (QED) is 0.366. The minimum absolute atomic E-state index is 0.865. The molecular formula is C10H18S. The number of rotatable bonds is 2. The van der Waals surface area contributed by atoms with Crippen LogP contribution in [0.3, 0.4) is 0 Å². The lowest BCUT2D eigenvalue weighted by molar-refractivity contribution is 0.559. The van der Waals surface area contributed by atoms with Crippen molar-refractivity contribution in [3.8, 4) is 0 Å². The van der Waals surface area contributed by atoms with E-state index in [2.05, 4.69) is 24.8 Å². The first-order valence-electron chi connectivity index (χ1n) is 4.71. The average Bonchev–Trinajstić information content (AvgIpc) is 2.28. The van der Waals surface area contributed by atoms with E-state index in [0.29, 0.717) is 0 Å². The molecule has 0 heterocycles. The molecule has 0 spiro atoms. The Balaban J connectivity index is 2.25. The maximum Gasteiger partial charge on any atom is 0.00826 e. The van der Waals surface area contributed by atoms with Crippen molar-refractivity contribution >= 4 is 12.6 Å². The molecule has 1 fully saturated rings. The molecule has 0 N–H and O–H groups in total. The van der Waals surface area contributed by atoms with E-state index in [-0.39, 0.29) is 0 Å². The first-order chi connectivity index (χ1) is 5.43. The standard InChI is InChI=1S/C10H18S/c11-9-5-8-10-6-3-1-2-4-7-10/h5,8,10-11H,1-4,6-7,9H2/b8-5+. The van der Waals surface area contributed by atoms with Crippen LogP contribution in [0.25, 0.3) is 0 Å². The molecule has 1 saturated carbocycles. The fourth-order valence-electron chi connectivity index (χ4n) is 1.76. The van der Waals surface area contributed by atoms with Gasteiger partial charge in [-0.15, -0.1) is 0 Å². The molecule has 0 radical (unpaired) electrons. The van der Waals surface area contributed by atoms with Crippen molar-refractivity contribution in [1.29, 1.82) is 0 Å². The van der Waals surface area contributed by atoms with Crippen molar-refractivity contribution in [3.05, 3.63) is 12.2 Å². The van der Waals surface area contributed by atoms with Gasteiger partial charge in [0.25, 0.3) is 0 Å². The maximum atomic E-state index is 4.16. The molecule has 0 aromatic heterocycles. The second-order valence-corrected chi connectivity index (χ2v) is 3.73. The summed E-state index contributed by atoms with van der Waals surface area (Å²) in [4.78, 5) is 0. The van der Waals surface area contributed by atoms with Crippen LogP contribution in [0.5, 0.6) is 0 Å². The highest BCUT2D eigenvalue weighted by Gasteiger charge is 2.07. The summed E-state index contributed by atoms with van der Waals surface area (Å²) in [6, 6.07) is 0. The minimum atomic E-state index is 0.865. The summed E-state index contributed by atoms with van der Waals surface area (Å²) in [5.74, 6) is 1.76. The largest absolute Gasteiger partial charge is 0.175 e. The average molecular weight is 170 g/mol. The Labute approximate surface area is 75.5 Å². The third kappa shape index (κ3) is 3.85. The molecule has 11 heavy (non-hydrogen) atoms. The second-order valence-electron chi connectivity index (χ2n) is 3.36. The Bertz CT molecular complexity index is 110. The van der Waals surface area contributed by atoms with Gasteiger partial charge in [0.2, 0.25) is 0 Å². The molecular weight excluding hydrogens is 152 g/mol. The zero-order valence-corrected chi connectivity index (χ0v) is 8.02. The van der Waals surface area contributed by atoms with E-state index < -0.39 is 0 Å². The van der Waals surface area contributed by atoms with Crippen molar-refractivity contribution < 1.29 is 0 Å². The van der Waals surface area contributed by atoms with E-state index in [1.165, 1.54) is 38.5 Å². The topological polar surface area (TPSA) is 0 Å². The minimum Gasteiger partial charge on any atom is -0.175 e. The molecule has 1 heteroatoms. The third-order valence-electron chi connectivity index (χ3n) is 2.41. The molecule has 1 aliphatic carbocycles. The van der Waals surface area contributed by atoms with Crippen LogP contribution < -0.4 is 0 Å². The van der Waals surface area contributed by atoms with Crippen LogP contribution in [-0.2, 0) is 0 Å². The van der Waals surface area contributed by atoms with Gasteiger partial charge in [-0.2, -0.15) is 12.6 Å². The van der Waals surface area contributed by atoms with Gasteiger partial charge in [0.15, 0.2) is 0 Å². The zero-order valence-electron chi connectivity index (χ0n) is 7.13. The van der Waals surface area contributed by atoms with E-state index >= 15 is 0 Å². The first-order valence-corrected chi connectivity index (χ1v) is 5.34.